The number of nitrogens with one attached hydrogen (secondary N) is 1. The summed E-state index contributed by atoms with van der Waals surface area (Å²) in [6.45, 7) is 2.06. The zero-order chi connectivity index (χ0) is 13.7. The maximum atomic E-state index is 12.0. The molecule has 2 rings (SSSR count). The van der Waals surface area contributed by atoms with Crippen LogP contribution in [0, 0.1) is 6.92 Å². The van der Waals surface area contributed by atoms with Crippen molar-refractivity contribution < 1.29 is 9.53 Å². The van der Waals surface area contributed by atoms with Gasteiger partial charge in [0.05, 0.1) is 18.0 Å². The van der Waals surface area contributed by atoms with Crippen LogP contribution in [0.15, 0.2) is 18.6 Å². The molecular weight excluding hydrogens is 264 g/mol. The molecule has 0 aliphatic rings. The predicted molar refractivity (Wildman–Crippen MR) is 72.4 cm³/mol. The first-order valence-corrected chi connectivity index (χ1v) is 6.55. The molecule has 2 aromatic heterocycles. The topological polar surface area (TPSA) is 77.0 Å². The van der Waals surface area contributed by atoms with E-state index < -0.39 is 0 Å². The summed E-state index contributed by atoms with van der Waals surface area (Å²) >= 11 is 1.25. The lowest BCUT2D eigenvalue weighted by atomic mass is 10.2. The van der Waals surface area contributed by atoms with Gasteiger partial charge in [0.15, 0.2) is 0 Å². The van der Waals surface area contributed by atoms with Gasteiger partial charge < -0.3 is 10.1 Å². The van der Waals surface area contributed by atoms with Crippen LogP contribution in [0.2, 0.25) is 0 Å². The van der Waals surface area contributed by atoms with E-state index in [4.69, 9.17) is 4.74 Å². The number of hydrogen-bond acceptors (Lipinski definition) is 7. The van der Waals surface area contributed by atoms with E-state index in [1.54, 1.807) is 32.6 Å². The molecule has 0 amide bonds. The SMILES string of the molecule is CNc1snc(C)c1C(=O)OCCc1cnccn1. The highest BCUT2D eigenvalue weighted by atomic mass is 32.1. The standard InChI is InChI=1S/C12H14N4O2S/c1-8-10(11(13-2)19-16-8)12(17)18-6-3-9-7-14-4-5-15-9/h4-5,7,13H,3,6H2,1-2H3. The Kier molecular flexibility index (Phi) is 4.40. The van der Waals surface area contributed by atoms with Crippen LogP contribution in [0.3, 0.4) is 0 Å². The number of aromatic nitrogens is 3. The molecule has 0 radical (unpaired) electrons. The average Bonchev–Trinajstić information content (AvgIpc) is 2.81. The van der Waals surface area contributed by atoms with E-state index >= 15 is 0 Å². The lowest BCUT2D eigenvalue weighted by molar-refractivity contribution is 0.0509. The fraction of sp³-hybridized carbons (Fsp3) is 0.333. The summed E-state index contributed by atoms with van der Waals surface area (Å²) in [7, 11) is 1.75. The minimum absolute atomic E-state index is 0.274. The van der Waals surface area contributed by atoms with Gasteiger partial charge >= 0.3 is 5.97 Å². The Morgan fingerprint density at radius 3 is 3.00 bits per heavy atom. The number of anilines is 1. The molecule has 19 heavy (non-hydrogen) atoms. The summed E-state index contributed by atoms with van der Waals surface area (Å²) in [6, 6.07) is 0. The van der Waals surface area contributed by atoms with Crippen LogP contribution in [0.5, 0.6) is 0 Å². The van der Waals surface area contributed by atoms with Crippen LogP contribution < -0.4 is 5.32 Å². The van der Waals surface area contributed by atoms with Crippen LogP contribution in [0.4, 0.5) is 5.00 Å². The van der Waals surface area contributed by atoms with Crippen molar-refractivity contribution in [3.8, 4) is 0 Å². The first-order valence-electron chi connectivity index (χ1n) is 5.78. The molecular formula is C12H14N4O2S. The predicted octanol–water partition coefficient (Wildman–Crippen LogP) is 1.68. The van der Waals surface area contributed by atoms with Gasteiger partial charge in [-0.1, -0.05) is 0 Å². The molecule has 0 aliphatic carbocycles. The fourth-order valence-corrected chi connectivity index (χ4v) is 2.29. The second-order valence-electron chi connectivity index (χ2n) is 3.80. The van der Waals surface area contributed by atoms with Crippen LogP contribution in [0.25, 0.3) is 0 Å². The third kappa shape index (κ3) is 3.25. The van der Waals surface area contributed by atoms with Gasteiger partial charge in [-0.15, -0.1) is 0 Å². The monoisotopic (exact) mass is 278 g/mol. The molecule has 2 heterocycles. The Balaban J connectivity index is 1.93. The Morgan fingerprint density at radius 1 is 1.47 bits per heavy atom. The fourth-order valence-electron chi connectivity index (χ4n) is 1.56. The van der Waals surface area contributed by atoms with Crippen molar-refractivity contribution in [2.24, 2.45) is 0 Å². The maximum Gasteiger partial charge on any atom is 0.343 e. The number of aryl methyl sites for hydroxylation is 1. The van der Waals surface area contributed by atoms with Crippen molar-refractivity contribution >= 4 is 22.5 Å². The summed E-state index contributed by atoms with van der Waals surface area (Å²) in [4.78, 5) is 20.0. The number of ether oxygens (including phenoxy) is 1. The highest BCUT2D eigenvalue weighted by molar-refractivity contribution is 7.10. The Hall–Kier alpha value is -2.02. The van der Waals surface area contributed by atoms with E-state index in [1.165, 1.54) is 11.5 Å². The van der Waals surface area contributed by atoms with Gasteiger partial charge in [0.1, 0.15) is 10.6 Å². The van der Waals surface area contributed by atoms with E-state index in [2.05, 4.69) is 19.7 Å². The van der Waals surface area contributed by atoms with Crippen molar-refractivity contribution in [2.45, 2.75) is 13.3 Å². The molecule has 0 fully saturated rings. The number of hydrogen-bond donors (Lipinski definition) is 1. The number of carbonyl (C=O) groups excluding carboxylic acids is 1. The van der Waals surface area contributed by atoms with Crippen molar-refractivity contribution in [2.75, 3.05) is 19.0 Å². The summed E-state index contributed by atoms with van der Waals surface area (Å²) in [5.74, 6) is -0.362. The van der Waals surface area contributed by atoms with Crippen molar-refractivity contribution in [3.63, 3.8) is 0 Å². The third-order valence-corrected chi connectivity index (χ3v) is 3.46. The Morgan fingerprint density at radius 2 is 2.32 bits per heavy atom. The largest absolute Gasteiger partial charge is 0.462 e. The molecule has 0 atom stereocenters. The quantitative estimate of drug-likeness (QED) is 0.839. The van der Waals surface area contributed by atoms with E-state index in [9.17, 15) is 4.79 Å². The molecule has 0 aromatic carbocycles. The molecule has 0 saturated carbocycles. The molecule has 1 N–H and O–H groups in total. The highest BCUT2D eigenvalue weighted by Gasteiger charge is 2.18. The van der Waals surface area contributed by atoms with E-state index in [0.717, 1.165) is 10.7 Å². The number of nitrogens with zero attached hydrogens (tertiary/aromatic N) is 3. The van der Waals surface area contributed by atoms with Crippen LogP contribution in [0.1, 0.15) is 21.7 Å². The molecule has 0 saturated heterocycles. The van der Waals surface area contributed by atoms with Crippen molar-refractivity contribution in [3.05, 3.63) is 35.5 Å². The number of carbonyl (C=O) groups is 1. The van der Waals surface area contributed by atoms with Crippen molar-refractivity contribution in [1.29, 1.82) is 0 Å². The molecule has 7 heteroatoms. The number of esters is 1. The van der Waals surface area contributed by atoms with Gasteiger partial charge in [0, 0.05) is 32.1 Å². The van der Waals surface area contributed by atoms with E-state index in [1.807, 2.05) is 0 Å². The summed E-state index contributed by atoms with van der Waals surface area (Å²) < 4.78 is 9.36. The lowest BCUT2D eigenvalue weighted by Gasteiger charge is -2.05. The van der Waals surface area contributed by atoms with Gasteiger partial charge in [0.25, 0.3) is 0 Å². The van der Waals surface area contributed by atoms with Gasteiger partial charge in [0.2, 0.25) is 0 Å². The first-order chi connectivity index (χ1) is 9.22. The third-order valence-electron chi connectivity index (χ3n) is 2.50. The molecule has 0 spiro atoms. The first kappa shape index (κ1) is 13.4. The number of rotatable bonds is 5. The summed E-state index contributed by atoms with van der Waals surface area (Å²) in [5.41, 5.74) is 1.98. The van der Waals surface area contributed by atoms with Gasteiger partial charge in [-0.25, -0.2) is 4.79 Å². The second-order valence-corrected chi connectivity index (χ2v) is 4.58. The van der Waals surface area contributed by atoms with Crippen molar-refractivity contribution in [1.82, 2.24) is 14.3 Å². The maximum absolute atomic E-state index is 12.0. The lowest BCUT2D eigenvalue weighted by Crippen LogP contribution is -2.11. The van der Waals surface area contributed by atoms with E-state index in [0.29, 0.717) is 17.7 Å². The average molecular weight is 278 g/mol. The zero-order valence-electron chi connectivity index (χ0n) is 10.7. The van der Waals surface area contributed by atoms with Gasteiger partial charge in [-0.2, -0.15) is 4.37 Å². The molecule has 6 nitrogen and oxygen atoms in total. The molecule has 2 aromatic rings. The highest BCUT2D eigenvalue weighted by Crippen LogP contribution is 2.24. The Labute approximate surface area is 115 Å². The van der Waals surface area contributed by atoms with Gasteiger partial charge in [-0.05, 0) is 18.5 Å². The van der Waals surface area contributed by atoms with E-state index in [-0.39, 0.29) is 12.6 Å². The molecule has 0 unspecified atom stereocenters. The summed E-state index contributed by atoms with van der Waals surface area (Å²) in [6.07, 6.45) is 5.42. The summed E-state index contributed by atoms with van der Waals surface area (Å²) in [5, 5.41) is 3.66. The molecule has 0 aliphatic heterocycles. The van der Waals surface area contributed by atoms with Crippen LogP contribution in [-0.2, 0) is 11.2 Å². The molecule has 0 bridgehead atoms. The normalized spacial score (nSPS) is 10.2. The van der Waals surface area contributed by atoms with Crippen LogP contribution >= 0.6 is 11.5 Å². The van der Waals surface area contributed by atoms with Crippen LogP contribution in [-0.4, -0.2) is 34.0 Å². The zero-order valence-corrected chi connectivity index (χ0v) is 11.5. The minimum atomic E-state index is -0.362. The second kappa shape index (κ2) is 6.24. The Bertz CT molecular complexity index is 556. The van der Waals surface area contributed by atoms with Gasteiger partial charge in [-0.3, -0.25) is 9.97 Å². The molecule has 100 valence electrons. The minimum Gasteiger partial charge on any atom is -0.462 e. The smallest absolute Gasteiger partial charge is 0.343 e.